The van der Waals surface area contributed by atoms with Crippen LogP contribution < -0.4 is 10.6 Å². The van der Waals surface area contributed by atoms with Gasteiger partial charge < -0.3 is 9.80 Å². The molecule has 228 valence electrons. The fourth-order valence-corrected chi connectivity index (χ4v) is 6.07. The molecule has 1 aromatic carbocycles. The Kier molecular flexibility index (Phi) is 8.44. The van der Waals surface area contributed by atoms with Crippen molar-refractivity contribution in [2.24, 2.45) is 0 Å². The van der Waals surface area contributed by atoms with Gasteiger partial charge in [0.25, 0.3) is 0 Å². The van der Waals surface area contributed by atoms with Gasteiger partial charge in [-0.15, -0.1) is 0 Å². The molecule has 2 atom stereocenters. The van der Waals surface area contributed by atoms with Gasteiger partial charge in [0.1, 0.15) is 11.6 Å². The van der Waals surface area contributed by atoms with Gasteiger partial charge in [0.15, 0.2) is 5.65 Å². The maximum Gasteiger partial charge on any atom is 0.355 e. The van der Waals surface area contributed by atoms with Crippen LogP contribution in [0, 0.1) is 12.7 Å². The fourth-order valence-electron chi connectivity index (χ4n) is 5.82. The van der Waals surface area contributed by atoms with Gasteiger partial charge in [-0.2, -0.15) is 4.98 Å². The van der Waals surface area contributed by atoms with E-state index in [2.05, 4.69) is 18.1 Å². The van der Waals surface area contributed by atoms with Gasteiger partial charge in [0.2, 0.25) is 5.91 Å². The number of hydrogen-bond acceptors (Lipinski definition) is 6. The largest absolute Gasteiger partial charge is 0.355 e. The van der Waals surface area contributed by atoms with Crippen molar-refractivity contribution < 1.29 is 9.18 Å². The molecular formula is C34H36ClFN6O2. The highest BCUT2D eigenvalue weighted by Gasteiger charge is 2.34. The molecule has 1 aliphatic rings. The summed E-state index contributed by atoms with van der Waals surface area (Å²) in [6.07, 6.45) is 1.31. The molecule has 44 heavy (non-hydrogen) atoms. The number of rotatable bonds is 6. The predicted molar refractivity (Wildman–Crippen MR) is 175 cm³/mol. The molecule has 0 saturated carbocycles. The summed E-state index contributed by atoms with van der Waals surface area (Å²) in [5, 5.41) is 0.740. The van der Waals surface area contributed by atoms with E-state index in [4.69, 9.17) is 21.6 Å². The number of hydrogen-bond donors (Lipinski definition) is 0. The van der Waals surface area contributed by atoms with E-state index in [0.717, 1.165) is 16.8 Å². The number of pyridine rings is 2. The Hall–Kier alpha value is -4.37. The quantitative estimate of drug-likeness (QED) is 0.224. The molecule has 0 radical (unpaired) electrons. The van der Waals surface area contributed by atoms with Crippen molar-refractivity contribution in [2.45, 2.75) is 59.5 Å². The summed E-state index contributed by atoms with van der Waals surface area (Å²) >= 11 is 6.83. The minimum Gasteiger partial charge on any atom is -0.349 e. The molecule has 1 fully saturated rings. The molecule has 4 aromatic rings. The maximum atomic E-state index is 15.1. The van der Waals surface area contributed by atoms with Crippen LogP contribution in [0.4, 0.5) is 10.2 Å². The van der Waals surface area contributed by atoms with Crippen LogP contribution in [-0.2, 0) is 4.79 Å². The van der Waals surface area contributed by atoms with Gasteiger partial charge >= 0.3 is 5.69 Å². The SMILES string of the molecule is C=CC(=O)N1C[C@H](C)N(c2nc(=O)n(-c3c(C)cc(C(=C)C)nc3C(C)C)c3nc(-c4ccccc4F)c(Cl)cc23)C[C@@H]1C. The number of halogens is 2. The lowest BCUT2D eigenvalue weighted by Gasteiger charge is -2.44. The van der Waals surface area contributed by atoms with E-state index in [1.807, 2.05) is 52.5 Å². The fraction of sp³-hybridized carbons (Fsp3) is 0.324. The predicted octanol–water partition coefficient (Wildman–Crippen LogP) is 6.71. The molecule has 3 aromatic heterocycles. The molecule has 4 heterocycles. The smallest absolute Gasteiger partial charge is 0.349 e. The van der Waals surface area contributed by atoms with E-state index >= 15 is 4.39 Å². The van der Waals surface area contributed by atoms with E-state index in [-0.39, 0.29) is 45.8 Å². The number of aromatic nitrogens is 4. The van der Waals surface area contributed by atoms with Gasteiger partial charge in [-0.25, -0.2) is 18.7 Å². The first kappa shape index (κ1) is 31.1. The number of benzene rings is 1. The Morgan fingerprint density at radius 3 is 2.45 bits per heavy atom. The van der Waals surface area contributed by atoms with E-state index in [0.29, 0.717) is 35.7 Å². The van der Waals surface area contributed by atoms with Crippen molar-refractivity contribution in [1.82, 2.24) is 24.4 Å². The number of fused-ring (bicyclic) bond motifs is 1. The average molecular weight is 615 g/mol. The summed E-state index contributed by atoms with van der Waals surface area (Å²) in [5.74, 6) is -0.296. The van der Waals surface area contributed by atoms with Crippen LogP contribution in [0.3, 0.4) is 0 Å². The second kappa shape index (κ2) is 12.0. The van der Waals surface area contributed by atoms with Crippen molar-refractivity contribution in [3.05, 3.63) is 93.9 Å². The van der Waals surface area contributed by atoms with Gasteiger partial charge in [-0.1, -0.05) is 50.7 Å². The summed E-state index contributed by atoms with van der Waals surface area (Å²) in [6, 6.07) is 9.48. The first-order valence-corrected chi connectivity index (χ1v) is 15.0. The van der Waals surface area contributed by atoms with E-state index in [9.17, 15) is 9.59 Å². The Bertz CT molecular complexity index is 1880. The van der Waals surface area contributed by atoms with Crippen LogP contribution in [0.15, 0.2) is 60.4 Å². The molecule has 0 aliphatic carbocycles. The molecule has 0 bridgehead atoms. The third-order valence-electron chi connectivity index (χ3n) is 8.06. The van der Waals surface area contributed by atoms with Crippen molar-refractivity contribution in [1.29, 1.82) is 0 Å². The lowest BCUT2D eigenvalue weighted by atomic mass is 10.0. The molecule has 5 rings (SSSR count). The van der Waals surface area contributed by atoms with Crippen molar-refractivity contribution in [3.63, 3.8) is 0 Å². The molecule has 0 N–H and O–H groups in total. The minimum atomic E-state index is -0.555. The maximum absolute atomic E-state index is 15.1. The second-order valence-corrected chi connectivity index (χ2v) is 12.2. The summed E-state index contributed by atoms with van der Waals surface area (Å²) in [6.45, 7) is 20.2. The monoisotopic (exact) mass is 614 g/mol. The highest BCUT2D eigenvalue weighted by molar-refractivity contribution is 6.33. The molecule has 1 aliphatic heterocycles. The number of piperazine rings is 1. The number of amides is 1. The Morgan fingerprint density at radius 1 is 1.11 bits per heavy atom. The zero-order valence-corrected chi connectivity index (χ0v) is 26.6. The lowest BCUT2D eigenvalue weighted by Crippen LogP contribution is -2.58. The van der Waals surface area contributed by atoms with Gasteiger partial charge in [-0.05, 0) is 75.1 Å². The standard InChI is InChI=1S/C34H36ClFN6O2/c1-9-28(43)40-16-22(8)41(17-21(40)7)32-24-15-25(35)30(23-12-10-11-13-26(23)36)38-33(24)42(34(44)39-32)31-20(6)14-27(18(2)3)37-29(31)19(4)5/h9-15,19,21-22H,1-2,16-17H2,3-8H3/t21-,22-/m0/s1. The number of allylic oxidation sites excluding steroid dienone is 1. The average Bonchev–Trinajstić information content (AvgIpc) is 2.97. The van der Waals surface area contributed by atoms with Crippen molar-refractivity contribution in [2.75, 3.05) is 18.0 Å². The van der Waals surface area contributed by atoms with E-state index in [1.165, 1.54) is 16.7 Å². The lowest BCUT2D eigenvalue weighted by molar-refractivity contribution is -0.128. The van der Waals surface area contributed by atoms with Crippen LogP contribution >= 0.6 is 11.6 Å². The first-order valence-electron chi connectivity index (χ1n) is 14.6. The third kappa shape index (κ3) is 5.41. The summed E-state index contributed by atoms with van der Waals surface area (Å²) < 4.78 is 16.5. The van der Waals surface area contributed by atoms with Crippen LogP contribution in [0.25, 0.3) is 33.6 Å². The van der Waals surface area contributed by atoms with E-state index in [1.54, 1.807) is 29.2 Å². The number of carbonyl (C=O) groups is 1. The molecule has 0 unspecified atom stereocenters. The molecule has 8 nitrogen and oxygen atoms in total. The van der Waals surface area contributed by atoms with Crippen molar-refractivity contribution in [3.8, 4) is 16.9 Å². The summed E-state index contributed by atoms with van der Waals surface area (Å²) in [5.41, 5.74) is 3.73. The molecule has 0 spiro atoms. The third-order valence-corrected chi connectivity index (χ3v) is 8.35. The Labute approximate surface area is 261 Å². The number of aryl methyl sites for hydroxylation is 1. The number of carbonyl (C=O) groups excluding carboxylic acids is 1. The van der Waals surface area contributed by atoms with Crippen LogP contribution in [0.1, 0.15) is 57.5 Å². The molecular weight excluding hydrogens is 579 g/mol. The van der Waals surface area contributed by atoms with Crippen molar-refractivity contribution >= 4 is 39.9 Å². The van der Waals surface area contributed by atoms with Crippen LogP contribution in [-0.4, -0.2) is 55.5 Å². The highest BCUT2D eigenvalue weighted by Crippen LogP contribution is 2.37. The number of anilines is 1. The molecule has 1 saturated heterocycles. The molecule has 10 heteroatoms. The Morgan fingerprint density at radius 2 is 1.82 bits per heavy atom. The van der Waals surface area contributed by atoms with Gasteiger partial charge in [0, 0.05) is 30.7 Å². The zero-order chi connectivity index (χ0) is 32.0. The second-order valence-electron chi connectivity index (χ2n) is 11.8. The summed E-state index contributed by atoms with van der Waals surface area (Å²) in [7, 11) is 0. The van der Waals surface area contributed by atoms with Crippen LogP contribution in [0.2, 0.25) is 5.02 Å². The van der Waals surface area contributed by atoms with Crippen LogP contribution in [0.5, 0.6) is 0 Å². The summed E-state index contributed by atoms with van der Waals surface area (Å²) in [4.78, 5) is 44.9. The zero-order valence-electron chi connectivity index (χ0n) is 25.9. The molecule has 1 amide bonds. The topological polar surface area (TPSA) is 84.2 Å². The Balaban J connectivity index is 1.85. The highest BCUT2D eigenvalue weighted by atomic mass is 35.5. The van der Waals surface area contributed by atoms with E-state index < -0.39 is 11.5 Å². The van der Waals surface area contributed by atoms with Gasteiger partial charge in [-0.3, -0.25) is 9.78 Å². The first-order chi connectivity index (χ1) is 20.8. The van der Waals surface area contributed by atoms with Gasteiger partial charge in [0.05, 0.1) is 33.2 Å². The number of nitrogens with zero attached hydrogens (tertiary/aromatic N) is 6. The normalized spacial score (nSPS) is 16.9. The minimum absolute atomic E-state index is 0.0562.